The van der Waals surface area contributed by atoms with Crippen molar-refractivity contribution >= 4 is 27.3 Å². The van der Waals surface area contributed by atoms with E-state index in [0.29, 0.717) is 41.7 Å². The summed E-state index contributed by atoms with van der Waals surface area (Å²) in [6.45, 7) is 3.69. The molecule has 5 rings (SSSR count). The molecule has 0 N–H and O–H groups in total. The lowest BCUT2D eigenvalue weighted by molar-refractivity contribution is -0.121. The summed E-state index contributed by atoms with van der Waals surface area (Å²) in [6.07, 6.45) is 1.23. The van der Waals surface area contributed by atoms with E-state index < -0.39 is 10.0 Å². The van der Waals surface area contributed by atoms with Gasteiger partial charge in [0.25, 0.3) is 15.9 Å². The first-order chi connectivity index (χ1) is 15.4. The van der Waals surface area contributed by atoms with Gasteiger partial charge in [0.1, 0.15) is 5.75 Å². The van der Waals surface area contributed by atoms with Crippen LogP contribution in [0.5, 0.6) is 5.75 Å². The standard InChI is InChI=1S/C22H22N4O5S/c1-3-21-23-20(24-31-21)12-25-18-11-16(8-9-19(18)30-13-22(25)27)32(28,29)26-14(2)10-15-6-4-5-7-17(15)26/h4-9,11,14H,3,10,12-13H2,1-2H3/t14-/m0/s1. The molecule has 0 radical (unpaired) electrons. The summed E-state index contributed by atoms with van der Waals surface area (Å²) in [4.78, 5) is 18.4. The van der Waals surface area contributed by atoms with E-state index in [0.717, 1.165) is 5.56 Å². The van der Waals surface area contributed by atoms with Crippen LogP contribution in [0.4, 0.5) is 11.4 Å². The number of carbonyl (C=O) groups excluding carboxylic acids is 1. The van der Waals surface area contributed by atoms with E-state index in [1.165, 1.54) is 21.3 Å². The molecule has 166 valence electrons. The van der Waals surface area contributed by atoms with E-state index >= 15 is 0 Å². The van der Waals surface area contributed by atoms with Crippen molar-refractivity contribution in [1.29, 1.82) is 0 Å². The first-order valence-corrected chi connectivity index (χ1v) is 11.8. The second-order valence-corrected chi connectivity index (χ2v) is 9.65. The van der Waals surface area contributed by atoms with Crippen LogP contribution in [0.15, 0.2) is 51.9 Å². The lowest BCUT2D eigenvalue weighted by Gasteiger charge is -2.30. The van der Waals surface area contributed by atoms with E-state index in [-0.39, 0.29) is 30.0 Å². The summed E-state index contributed by atoms with van der Waals surface area (Å²) < 4.78 is 39.4. The van der Waals surface area contributed by atoms with E-state index in [1.54, 1.807) is 6.07 Å². The molecule has 0 saturated heterocycles. The largest absolute Gasteiger partial charge is 0.482 e. The minimum Gasteiger partial charge on any atom is -0.482 e. The van der Waals surface area contributed by atoms with Crippen molar-refractivity contribution in [3.05, 3.63) is 59.7 Å². The highest BCUT2D eigenvalue weighted by atomic mass is 32.2. The van der Waals surface area contributed by atoms with Gasteiger partial charge < -0.3 is 9.26 Å². The Bertz CT molecular complexity index is 1300. The fraction of sp³-hybridized carbons (Fsp3) is 0.318. The summed E-state index contributed by atoms with van der Waals surface area (Å²) >= 11 is 0. The van der Waals surface area contributed by atoms with Crippen molar-refractivity contribution in [2.24, 2.45) is 0 Å². The number of hydrogen-bond acceptors (Lipinski definition) is 7. The number of carbonyl (C=O) groups is 1. The third-order valence-electron chi connectivity index (χ3n) is 5.69. The Labute approximate surface area is 185 Å². The smallest absolute Gasteiger partial charge is 0.265 e. The van der Waals surface area contributed by atoms with Crippen LogP contribution in [0.3, 0.4) is 0 Å². The van der Waals surface area contributed by atoms with Crippen molar-refractivity contribution in [3.8, 4) is 5.75 Å². The third kappa shape index (κ3) is 3.31. The number of nitrogens with zero attached hydrogens (tertiary/aromatic N) is 4. The SMILES string of the molecule is CCc1nc(CN2C(=O)COc3ccc(S(=O)(=O)N4c5ccccc5C[C@@H]4C)cc32)no1. The normalized spacial score (nSPS) is 17.8. The van der Waals surface area contributed by atoms with Crippen molar-refractivity contribution in [2.45, 2.75) is 44.2 Å². The zero-order chi connectivity index (χ0) is 22.5. The topological polar surface area (TPSA) is 106 Å². The molecule has 1 aromatic heterocycles. The van der Waals surface area contributed by atoms with Crippen LogP contribution in [0.25, 0.3) is 0 Å². The maximum Gasteiger partial charge on any atom is 0.265 e. The predicted octanol–water partition coefficient (Wildman–Crippen LogP) is 2.70. The lowest BCUT2D eigenvalue weighted by Crippen LogP contribution is -2.39. The molecule has 2 aliphatic heterocycles. The molecule has 0 spiro atoms. The van der Waals surface area contributed by atoms with Gasteiger partial charge in [0.2, 0.25) is 5.89 Å². The number of ether oxygens (including phenoxy) is 1. The molecule has 9 nitrogen and oxygen atoms in total. The number of sulfonamides is 1. The minimum absolute atomic E-state index is 0.0607. The Morgan fingerprint density at radius 1 is 1.16 bits per heavy atom. The number of benzene rings is 2. The fourth-order valence-corrected chi connectivity index (χ4v) is 5.89. The van der Waals surface area contributed by atoms with Gasteiger partial charge in [-0.25, -0.2) is 8.42 Å². The van der Waals surface area contributed by atoms with Crippen molar-refractivity contribution in [2.75, 3.05) is 15.8 Å². The Morgan fingerprint density at radius 3 is 2.75 bits per heavy atom. The Kier molecular flexibility index (Phi) is 4.89. The van der Waals surface area contributed by atoms with Crippen LogP contribution in [0.1, 0.15) is 31.1 Å². The number of aromatic nitrogens is 2. The van der Waals surface area contributed by atoms with Gasteiger partial charge >= 0.3 is 0 Å². The second-order valence-electron chi connectivity index (χ2n) is 7.84. The Morgan fingerprint density at radius 2 is 1.97 bits per heavy atom. The molecule has 10 heteroatoms. The molecule has 0 unspecified atom stereocenters. The van der Waals surface area contributed by atoms with Gasteiger partial charge in [0, 0.05) is 12.5 Å². The Hall–Kier alpha value is -3.40. The molecule has 0 aliphatic carbocycles. The van der Waals surface area contributed by atoms with Crippen LogP contribution >= 0.6 is 0 Å². The molecule has 3 heterocycles. The number of anilines is 2. The van der Waals surface area contributed by atoms with Gasteiger partial charge in [-0.05, 0) is 43.2 Å². The van der Waals surface area contributed by atoms with Gasteiger partial charge in [0.05, 0.1) is 22.8 Å². The zero-order valence-electron chi connectivity index (χ0n) is 17.7. The molecule has 1 amide bonds. The highest BCUT2D eigenvalue weighted by molar-refractivity contribution is 7.92. The highest BCUT2D eigenvalue weighted by Crippen LogP contribution is 2.40. The fourth-order valence-electron chi connectivity index (χ4n) is 4.17. The molecule has 1 atom stereocenters. The summed E-state index contributed by atoms with van der Waals surface area (Å²) in [6, 6.07) is 11.9. The molecular formula is C22H22N4O5S. The van der Waals surface area contributed by atoms with E-state index in [4.69, 9.17) is 9.26 Å². The van der Waals surface area contributed by atoms with Gasteiger partial charge in [0.15, 0.2) is 12.4 Å². The Balaban J connectivity index is 1.53. The van der Waals surface area contributed by atoms with Gasteiger partial charge in [-0.15, -0.1) is 0 Å². The third-order valence-corrected chi connectivity index (χ3v) is 7.61. The molecule has 3 aromatic rings. The first-order valence-electron chi connectivity index (χ1n) is 10.4. The summed E-state index contributed by atoms with van der Waals surface area (Å²) in [5.41, 5.74) is 2.04. The van der Waals surface area contributed by atoms with E-state index in [1.807, 2.05) is 38.1 Å². The quantitative estimate of drug-likeness (QED) is 0.583. The first kappa shape index (κ1) is 20.5. The molecule has 0 bridgehead atoms. The van der Waals surface area contributed by atoms with Gasteiger partial charge in [-0.2, -0.15) is 4.98 Å². The number of amides is 1. The van der Waals surface area contributed by atoms with Crippen molar-refractivity contribution in [3.63, 3.8) is 0 Å². The zero-order valence-corrected chi connectivity index (χ0v) is 18.5. The molecule has 2 aliphatic rings. The number of aryl methyl sites for hydroxylation is 1. The minimum atomic E-state index is -3.86. The van der Waals surface area contributed by atoms with Crippen LogP contribution in [0, 0.1) is 0 Å². The van der Waals surface area contributed by atoms with E-state index in [9.17, 15) is 13.2 Å². The maximum absolute atomic E-state index is 13.6. The van der Waals surface area contributed by atoms with Crippen LogP contribution in [0.2, 0.25) is 0 Å². The molecule has 0 fully saturated rings. The predicted molar refractivity (Wildman–Crippen MR) is 116 cm³/mol. The highest BCUT2D eigenvalue weighted by Gasteiger charge is 2.37. The lowest BCUT2D eigenvalue weighted by atomic mass is 10.1. The average molecular weight is 455 g/mol. The van der Waals surface area contributed by atoms with E-state index in [2.05, 4.69) is 10.1 Å². The maximum atomic E-state index is 13.6. The van der Waals surface area contributed by atoms with Crippen LogP contribution in [-0.4, -0.2) is 37.1 Å². The summed E-state index contributed by atoms with van der Waals surface area (Å²) in [5, 5.41) is 3.91. The number of fused-ring (bicyclic) bond motifs is 2. The number of hydrogen-bond donors (Lipinski definition) is 0. The molecular weight excluding hydrogens is 432 g/mol. The molecule has 0 saturated carbocycles. The second kappa shape index (κ2) is 7.63. The van der Waals surface area contributed by atoms with Gasteiger partial charge in [-0.1, -0.05) is 30.3 Å². The molecule has 2 aromatic carbocycles. The number of para-hydroxylation sites is 1. The van der Waals surface area contributed by atoms with Crippen LogP contribution < -0.4 is 13.9 Å². The number of rotatable bonds is 5. The van der Waals surface area contributed by atoms with Crippen molar-refractivity contribution in [1.82, 2.24) is 10.1 Å². The molecule has 32 heavy (non-hydrogen) atoms. The summed E-state index contributed by atoms with van der Waals surface area (Å²) in [7, 11) is -3.86. The monoisotopic (exact) mass is 454 g/mol. The summed E-state index contributed by atoms with van der Waals surface area (Å²) in [5.74, 6) is 0.935. The van der Waals surface area contributed by atoms with Crippen LogP contribution in [-0.2, 0) is 34.2 Å². The average Bonchev–Trinajstić information content (AvgIpc) is 3.38. The van der Waals surface area contributed by atoms with Gasteiger partial charge in [-0.3, -0.25) is 14.0 Å². The van der Waals surface area contributed by atoms with Crippen molar-refractivity contribution < 1.29 is 22.5 Å².